The van der Waals surface area contributed by atoms with Crippen LogP contribution >= 0.6 is 0 Å². The summed E-state index contributed by atoms with van der Waals surface area (Å²) in [6.45, 7) is 5.84. The van der Waals surface area contributed by atoms with Crippen LogP contribution in [0, 0.1) is 0 Å². The van der Waals surface area contributed by atoms with Crippen LogP contribution in [0.1, 0.15) is 12.8 Å². The van der Waals surface area contributed by atoms with Crippen molar-refractivity contribution in [3.8, 4) is 5.75 Å². The van der Waals surface area contributed by atoms with Gasteiger partial charge in [0, 0.05) is 44.5 Å². The first-order valence-electron chi connectivity index (χ1n) is 7.22. The third-order valence-corrected chi connectivity index (χ3v) is 3.72. The minimum Gasteiger partial charge on any atom is -0.488 e. The highest BCUT2D eigenvalue weighted by atomic mass is 16.5. The molecule has 1 aromatic rings. The molecule has 0 saturated carbocycles. The first kappa shape index (κ1) is 12.8. The monoisotopic (exact) mass is 262 g/mol. The Hall–Kier alpha value is -1.26. The van der Waals surface area contributed by atoms with Gasteiger partial charge in [-0.3, -0.25) is 0 Å². The normalized spacial score (nSPS) is 24.2. The highest BCUT2D eigenvalue weighted by Gasteiger charge is 2.16. The van der Waals surface area contributed by atoms with E-state index in [0.29, 0.717) is 0 Å². The lowest BCUT2D eigenvalue weighted by Gasteiger charge is -2.30. The lowest BCUT2D eigenvalue weighted by Crippen LogP contribution is -2.43. The molecule has 1 N–H and O–H groups in total. The minimum atomic E-state index is 0.215. The molecule has 0 aromatic heterocycles. The van der Waals surface area contributed by atoms with Crippen LogP contribution in [0.15, 0.2) is 24.3 Å². The minimum absolute atomic E-state index is 0.215. The Morgan fingerprint density at radius 1 is 1.26 bits per heavy atom. The van der Waals surface area contributed by atoms with Gasteiger partial charge in [0.1, 0.15) is 11.9 Å². The van der Waals surface area contributed by atoms with Gasteiger partial charge in [-0.1, -0.05) is 6.07 Å². The van der Waals surface area contributed by atoms with Crippen LogP contribution < -0.4 is 15.0 Å². The van der Waals surface area contributed by atoms with E-state index in [4.69, 9.17) is 9.47 Å². The van der Waals surface area contributed by atoms with Crippen LogP contribution in [0.2, 0.25) is 0 Å². The molecule has 1 aromatic carbocycles. The quantitative estimate of drug-likeness (QED) is 0.898. The molecule has 0 aliphatic carbocycles. The molecule has 4 heteroatoms. The zero-order valence-corrected chi connectivity index (χ0v) is 11.3. The second kappa shape index (κ2) is 6.26. The molecule has 1 atom stereocenters. The van der Waals surface area contributed by atoms with E-state index in [-0.39, 0.29) is 6.10 Å². The fraction of sp³-hybridized carbons (Fsp3) is 0.600. The summed E-state index contributed by atoms with van der Waals surface area (Å²) in [6, 6.07) is 8.44. The number of benzene rings is 1. The number of anilines is 1. The molecule has 2 aliphatic heterocycles. The molecular weight excluding hydrogens is 240 g/mol. The first-order chi connectivity index (χ1) is 9.42. The van der Waals surface area contributed by atoms with Crippen molar-refractivity contribution in [2.75, 3.05) is 44.3 Å². The topological polar surface area (TPSA) is 33.7 Å². The van der Waals surface area contributed by atoms with Crippen LogP contribution in [0.5, 0.6) is 5.75 Å². The van der Waals surface area contributed by atoms with Gasteiger partial charge in [0.05, 0.1) is 6.61 Å². The van der Waals surface area contributed by atoms with Crippen LogP contribution in [0.3, 0.4) is 0 Å². The van der Waals surface area contributed by atoms with Gasteiger partial charge >= 0.3 is 0 Å². The van der Waals surface area contributed by atoms with Crippen LogP contribution in [-0.2, 0) is 4.74 Å². The van der Waals surface area contributed by atoms with Crippen molar-refractivity contribution >= 4 is 5.69 Å². The summed E-state index contributed by atoms with van der Waals surface area (Å²) in [5, 5.41) is 3.38. The van der Waals surface area contributed by atoms with E-state index < -0.39 is 0 Å². The Morgan fingerprint density at radius 2 is 2.16 bits per heavy atom. The van der Waals surface area contributed by atoms with E-state index in [1.807, 2.05) is 6.07 Å². The summed E-state index contributed by atoms with van der Waals surface area (Å²) >= 11 is 0. The zero-order chi connectivity index (χ0) is 12.9. The van der Waals surface area contributed by atoms with Crippen molar-refractivity contribution in [2.45, 2.75) is 18.9 Å². The van der Waals surface area contributed by atoms with Gasteiger partial charge in [-0.15, -0.1) is 0 Å². The SMILES string of the molecule is c1cc(OC2CCCOC2)cc(N2CCNCC2)c1. The van der Waals surface area contributed by atoms with Crippen LogP contribution in [-0.4, -0.2) is 45.5 Å². The Morgan fingerprint density at radius 3 is 2.95 bits per heavy atom. The number of hydrogen-bond donors (Lipinski definition) is 1. The molecule has 4 nitrogen and oxygen atoms in total. The number of piperazine rings is 1. The van der Waals surface area contributed by atoms with Crippen molar-refractivity contribution in [3.63, 3.8) is 0 Å². The Kier molecular flexibility index (Phi) is 4.20. The molecule has 0 radical (unpaired) electrons. The standard InChI is InChI=1S/C15H22N2O2/c1-3-13(17-8-6-16-7-9-17)11-14(4-1)19-15-5-2-10-18-12-15/h1,3-4,11,15-16H,2,5-10,12H2. The smallest absolute Gasteiger partial charge is 0.122 e. The van der Waals surface area contributed by atoms with E-state index >= 15 is 0 Å². The maximum atomic E-state index is 6.02. The van der Waals surface area contributed by atoms with E-state index in [9.17, 15) is 0 Å². The second-order valence-corrected chi connectivity index (χ2v) is 5.19. The molecule has 2 saturated heterocycles. The number of nitrogens with zero attached hydrogens (tertiary/aromatic N) is 1. The van der Waals surface area contributed by atoms with Gasteiger partial charge in [-0.25, -0.2) is 0 Å². The number of nitrogens with one attached hydrogen (secondary N) is 1. The second-order valence-electron chi connectivity index (χ2n) is 5.19. The Bertz CT molecular complexity index is 399. The number of rotatable bonds is 3. The summed E-state index contributed by atoms with van der Waals surface area (Å²) < 4.78 is 11.5. The van der Waals surface area contributed by atoms with Crippen molar-refractivity contribution in [1.29, 1.82) is 0 Å². The first-order valence-corrected chi connectivity index (χ1v) is 7.22. The number of ether oxygens (including phenoxy) is 2. The predicted octanol–water partition coefficient (Wildman–Crippen LogP) is 1.65. The molecule has 1 unspecified atom stereocenters. The molecule has 0 spiro atoms. The van der Waals surface area contributed by atoms with E-state index in [1.165, 1.54) is 5.69 Å². The molecule has 104 valence electrons. The lowest BCUT2D eigenvalue weighted by atomic mass is 10.2. The lowest BCUT2D eigenvalue weighted by molar-refractivity contribution is 0.00745. The summed E-state index contributed by atoms with van der Waals surface area (Å²) in [5.74, 6) is 0.964. The van der Waals surface area contributed by atoms with Gasteiger partial charge in [-0.05, 0) is 25.0 Å². The van der Waals surface area contributed by atoms with E-state index in [0.717, 1.165) is 58.0 Å². The molecule has 3 rings (SSSR count). The fourth-order valence-electron chi connectivity index (χ4n) is 2.67. The molecular formula is C15H22N2O2. The van der Waals surface area contributed by atoms with Gasteiger partial charge in [0.25, 0.3) is 0 Å². The summed E-state index contributed by atoms with van der Waals surface area (Å²) in [7, 11) is 0. The van der Waals surface area contributed by atoms with E-state index in [2.05, 4.69) is 28.4 Å². The highest BCUT2D eigenvalue weighted by Crippen LogP contribution is 2.23. The van der Waals surface area contributed by atoms with Gasteiger partial charge in [0.15, 0.2) is 0 Å². The molecule has 2 heterocycles. The van der Waals surface area contributed by atoms with Gasteiger partial charge in [0.2, 0.25) is 0 Å². The van der Waals surface area contributed by atoms with E-state index in [1.54, 1.807) is 0 Å². The average molecular weight is 262 g/mol. The molecule has 0 bridgehead atoms. The molecule has 19 heavy (non-hydrogen) atoms. The Labute approximate surface area is 114 Å². The van der Waals surface area contributed by atoms with Crippen molar-refractivity contribution in [3.05, 3.63) is 24.3 Å². The van der Waals surface area contributed by atoms with Gasteiger partial charge in [-0.2, -0.15) is 0 Å². The van der Waals surface area contributed by atoms with Crippen molar-refractivity contribution < 1.29 is 9.47 Å². The van der Waals surface area contributed by atoms with Crippen molar-refractivity contribution in [1.82, 2.24) is 5.32 Å². The third-order valence-electron chi connectivity index (χ3n) is 3.72. The highest BCUT2D eigenvalue weighted by molar-refractivity contribution is 5.51. The maximum Gasteiger partial charge on any atom is 0.122 e. The van der Waals surface area contributed by atoms with Crippen LogP contribution in [0.4, 0.5) is 5.69 Å². The van der Waals surface area contributed by atoms with Crippen molar-refractivity contribution in [2.24, 2.45) is 0 Å². The number of hydrogen-bond acceptors (Lipinski definition) is 4. The fourth-order valence-corrected chi connectivity index (χ4v) is 2.67. The predicted molar refractivity (Wildman–Crippen MR) is 76.0 cm³/mol. The largest absolute Gasteiger partial charge is 0.488 e. The summed E-state index contributed by atoms with van der Waals surface area (Å²) in [5.41, 5.74) is 1.26. The third kappa shape index (κ3) is 3.39. The van der Waals surface area contributed by atoms with Crippen LogP contribution in [0.25, 0.3) is 0 Å². The maximum absolute atomic E-state index is 6.02. The zero-order valence-electron chi connectivity index (χ0n) is 11.3. The molecule has 0 amide bonds. The summed E-state index contributed by atoms with van der Waals surface area (Å²) in [4.78, 5) is 2.40. The molecule has 2 fully saturated rings. The Balaban J connectivity index is 1.64. The molecule has 2 aliphatic rings. The van der Waals surface area contributed by atoms with Gasteiger partial charge < -0.3 is 19.7 Å². The summed E-state index contributed by atoms with van der Waals surface area (Å²) in [6.07, 6.45) is 2.41. The average Bonchev–Trinajstić information content (AvgIpc) is 2.49.